The third-order valence-electron chi connectivity index (χ3n) is 6.48. The van der Waals surface area contributed by atoms with Crippen LogP contribution in [0.3, 0.4) is 0 Å². The average molecular weight is 396 g/mol. The molecule has 0 spiro atoms. The first-order valence-corrected chi connectivity index (χ1v) is 10.5. The molecule has 6 heteroatoms. The van der Waals surface area contributed by atoms with Crippen LogP contribution < -0.4 is 10.9 Å². The summed E-state index contributed by atoms with van der Waals surface area (Å²) < 4.78 is 1.81. The Balaban J connectivity index is 1.64. The summed E-state index contributed by atoms with van der Waals surface area (Å²) in [7, 11) is 0. The number of rotatable bonds is 6. The van der Waals surface area contributed by atoms with Gasteiger partial charge in [-0.2, -0.15) is 0 Å². The molecule has 1 aromatic heterocycles. The van der Waals surface area contributed by atoms with Gasteiger partial charge in [-0.15, -0.1) is 0 Å². The molecule has 154 valence electrons. The van der Waals surface area contributed by atoms with E-state index in [0.717, 1.165) is 24.2 Å². The summed E-state index contributed by atoms with van der Waals surface area (Å²) in [5.41, 5.74) is 2.00. The SMILES string of the molecule is CCCN1[C@H](C(=O)N[C@@H](C)c2ccccc2)[C@@H](CO)[C@@H]2Cn3c(cccc3=O)[C@@H]21. The van der Waals surface area contributed by atoms with Crippen molar-refractivity contribution < 1.29 is 9.90 Å². The van der Waals surface area contributed by atoms with E-state index in [1.165, 1.54) is 0 Å². The van der Waals surface area contributed by atoms with Crippen molar-refractivity contribution in [2.45, 2.75) is 44.9 Å². The van der Waals surface area contributed by atoms with Gasteiger partial charge in [0.25, 0.3) is 5.56 Å². The number of hydrogen-bond donors (Lipinski definition) is 2. The second-order valence-corrected chi connectivity index (χ2v) is 8.18. The number of amides is 1. The molecule has 0 bridgehead atoms. The van der Waals surface area contributed by atoms with Gasteiger partial charge in [-0.25, -0.2) is 0 Å². The van der Waals surface area contributed by atoms with Crippen molar-refractivity contribution in [2.24, 2.45) is 11.8 Å². The molecular formula is C23H29N3O3. The van der Waals surface area contributed by atoms with Gasteiger partial charge < -0.3 is 15.0 Å². The molecule has 2 N–H and O–H groups in total. The van der Waals surface area contributed by atoms with Crippen LogP contribution in [0, 0.1) is 11.8 Å². The number of pyridine rings is 1. The van der Waals surface area contributed by atoms with E-state index in [2.05, 4.69) is 17.1 Å². The van der Waals surface area contributed by atoms with Crippen LogP contribution in [0.1, 0.15) is 43.6 Å². The quantitative estimate of drug-likeness (QED) is 0.786. The van der Waals surface area contributed by atoms with E-state index in [1.54, 1.807) is 16.7 Å². The van der Waals surface area contributed by atoms with Gasteiger partial charge in [0, 0.05) is 36.7 Å². The number of benzene rings is 1. The summed E-state index contributed by atoms with van der Waals surface area (Å²) in [6.45, 7) is 5.31. The number of likely N-dealkylation sites (tertiary alicyclic amines) is 1. The van der Waals surface area contributed by atoms with Gasteiger partial charge in [0.2, 0.25) is 5.91 Å². The van der Waals surface area contributed by atoms with E-state index in [0.29, 0.717) is 6.54 Å². The number of nitrogens with zero attached hydrogens (tertiary/aromatic N) is 2. The van der Waals surface area contributed by atoms with E-state index in [9.17, 15) is 14.7 Å². The molecule has 0 unspecified atom stereocenters. The zero-order chi connectivity index (χ0) is 20.5. The van der Waals surface area contributed by atoms with Gasteiger partial charge in [-0.1, -0.05) is 43.3 Å². The lowest BCUT2D eigenvalue weighted by atomic mass is 9.88. The molecule has 5 atom stereocenters. The first-order chi connectivity index (χ1) is 14.1. The number of carbonyl (C=O) groups excluding carboxylic acids is 1. The van der Waals surface area contributed by atoms with E-state index < -0.39 is 6.04 Å². The molecule has 6 nitrogen and oxygen atoms in total. The van der Waals surface area contributed by atoms with E-state index in [-0.39, 0.29) is 42.0 Å². The summed E-state index contributed by atoms with van der Waals surface area (Å²) in [4.78, 5) is 27.9. The standard InChI is InChI=1S/C23H29N3O3/c1-3-12-25-21-17(13-26-19(21)10-7-11-20(26)28)18(14-27)22(25)23(29)24-15(2)16-8-5-4-6-9-16/h4-11,15,17-18,21-22,27H,3,12-14H2,1-2H3,(H,24,29)/t15-,17-,18-,21+,22-/m0/s1. The molecule has 4 rings (SSSR count). The molecule has 29 heavy (non-hydrogen) atoms. The molecule has 0 aliphatic carbocycles. The van der Waals surface area contributed by atoms with Crippen LogP contribution >= 0.6 is 0 Å². The highest BCUT2D eigenvalue weighted by atomic mass is 16.3. The van der Waals surface area contributed by atoms with E-state index >= 15 is 0 Å². The second-order valence-electron chi connectivity index (χ2n) is 8.18. The van der Waals surface area contributed by atoms with E-state index in [1.807, 2.05) is 43.3 Å². The fourth-order valence-corrected chi connectivity index (χ4v) is 5.20. The smallest absolute Gasteiger partial charge is 0.250 e. The summed E-state index contributed by atoms with van der Waals surface area (Å²) in [5, 5.41) is 13.4. The van der Waals surface area contributed by atoms with Gasteiger partial charge in [-0.3, -0.25) is 14.5 Å². The number of aliphatic hydroxyl groups excluding tert-OH is 1. The minimum atomic E-state index is -0.398. The molecule has 1 amide bonds. The number of fused-ring (bicyclic) bond motifs is 3. The first kappa shape index (κ1) is 19.9. The molecular weight excluding hydrogens is 366 g/mol. The molecule has 0 radical (unpaired) electrons. The second kappa shape index (κ2) is 8.13. The maximum absolute atomic E-state index is 13.4. The highest BCUT2D eigenvalue weighted by molar-refractivity contribution is 5.83. The third-order valence-corrected chi connectivity index (χ3v) is 6.48. The zero-order valence-electron chi connectivity index (χ0n) is 17.0. The summed E-state index contributed by atoms with van der Waals surface area (Å²) >= 11 is 0. The van der Waals surface area contributed by atoms with Crippen LogP contribution in [-0.4, -0.2) is 39.7 Å². The van der Waals surface area contributed by atoms with Crippen LogP contribution in [0.25, 0.3) is 0 Å². The van der Waals surface area contributed by atoms with E-state index in [4.69, 9.17) is 0 Å². The van der Waals surface area contributed by atoms with Crippen molar-refractivity contribution in [3.8, 4) is 0 Å². The highest BCUT2D eigenvalue weighted by Crippen LogP contribution is 2.49. The third kappa shape index (κ3) is 3.40. The maximum Gasteiger partial charge on any atom is 0.250 e. The van der Waals surface area contributed by atoms with Gasteiger partial charge >= 0.3 is 0 Å². The molecule has 0 saturated carbocycles. The topological polar surface area (TPSA) is 74.6 Å². The molecule has 3 heterocycles. The van der Waals surface area contributed by atoms with Crippen LogP contribution in [0.15, 0.2) is 53.3 Å². The van der Waals surface area contributed by atoms with Crippen molar-refractivity contribution >= 4 is 5.91 Å². The lowest BCUT2D eigenvalue weighted by molar-refractivity contribution is -0.128. The Bertz CT molecular complexity index is 926. The summed E-state index contributed by atoms with van der Waals surface area (Å²) in [6.07, 6.45) is 0.899. The van der Waals surface area contributed by atoms with Crippen LogP contribution in [0.5, 0.6) is 0 Å². The summed E-state index contributed by atoms with van der Waals surface area (Å²) in [6, 6.07) is 14.7. The normalized spacial score (nSPS) is 26.7. The van der Waals surface area contributed by atoms with Gasteiger partial charge in [0.1, 0.15) is 0 Å². The Kier molecular flexibility index (Phi) is 5.56. The Labute approximate surface area is 171 Å². The number of hydrogen-bond acceptors (Lipinski definition) is 4. The summed E-state index contributed by atoms with van der Waals surface area (Å²) in [5.74, 6) is -0.189. The Hall–Kier alpha value is -2.44. The van der Waals surface area contributed by atoms with Crippen molar-refractivity contribution in [2.75, 3.05) is 13.2 Å². The minimum Gasteiger partial charge on any atom is -0.396 e. The largest absolute Gasteiger partial charge is 0.396 e. The predicted octanol–water partition coefficient (Wildman–Crippen LogP) is 2.10. The molecule has 1 aromatic carbocycles. The zero-order valence-corrected chi connectivity index (χ0v) is 17.0. The van der Waals surface area contributed by atoms with Crippen molar-refractivity contribution in [1.82, 2.24) is 14.8 Å². The van der Waals surface area contributed by atoms with Crippen molar-refractivity contribution in [1.29, 1.82) is 0 Å². The van der Waals surface area contributed by atoms with Gasteiger partial charge in [-0.05, 0) is 31.5 Å². The van der Waals surface area contributed by atoms with Gasteiger partial charge in [0.05, 0.1) is 18.1 Å². The molecule has 1 fully saturated rings. The lowest BCUT2D eigenvalue weighted by Crippen LogP contribution is -2.49. The Morgan fingerprint density at radius 2 is 1.97 bits per heavy atom. The molecule has 2 aliphatic rings. The van der Waals surface area contributed by atoms with Crippen molar-refractivity contribution in [3.63, 3.8) is 0 Å². The Morgan fingerprint density at radius 1 is 1.21 bits per heavy atom. The first-order valence-electron chi connectivity index (χ1n) is 10.5. The molecule has 2 aromatic rings. The van der Waals surface area contributed by atoms with Crippen LogP contribution in [0.4, 0.5) is 0 Å². The number of nitrogens with one attached hydrogen (secondary N) is 1. The monoisotopic (exact) mass is 395 g/mol. The Morgan fingerprint density at radius 3 is 2.66 bits per heavy atom. The number of carbonyl (C=O) groups is 1. The average Bonchev–Trinajstić information content (AvgIpc) is 3.25. The lowest BCUT2D eigenvalue weighted by Gasteiger charge is -2.31. The fourth-order valence-electron chi connectivity index (χ4n) is 5.20. The van der Waals surface area contributed by atoms with Crippen LogP contribution in [-0.2, 0) is 11.3 Å². The number of aromatic nitrogens is 1. The fraction of sp³-hybridized carbons (Fsp3) is 0.478. The van der Waals surface area contributed by atoms with Crippen molar-refractivity contribution in [3.05, 3.63) is 70.1 Å². The predicted molar refractivity (Wildman–Crippen MR) is 111 cm³/mol. The highest BCUT2D eigenvalue weighted by Gasteiger charge is 2.55. The molecule has 2 aliphatic heterocycles. The minimum absolute atomic E-state index is 0.0104. The van der Waals surface area contributed by atoms with Gasteiger partial charge in [0.15, 0.2) is 0 Å². The van der Waals surface area contributed by atoms with Crippen LogP contribution in [0.2, 0.25) is 0 Å². The molecule has 1 saturated heterocycles. The number of aliphatic hydroxyl groups is 1. The maximum atomic E-state index is 13.4.